The molecule has 1 aromatic heterocycles. The van der Waals surface area contributed by atoms with Crippen LogP contribution in [0.5, 0.6) is 0 Å². The van der Waals surface area contributed by atoms with Gasteiger partial charge in [-0.05, 0) is 44.5 Å². The van der Waals surface area contributed by atoms with Gasteiger partial charge in [0.05, 0.1) is 17.8 Å². The number of para-hydroxylation sites is 1. The Labute approximate surface area is 158 Å². The van der Waals surface area contributed by atoms with Crippen molar-refractivity contribution in [2.24, 2.45) is 0 Å². The van der Waals surface area contributed by atoms with Crippen LogP contribution in [0.2, 0.25) is 0 Å². The highest BCUT2D eigenvalue weighted by molar-refractivity contribution is 5.96. The van der Waals surface area contributed by atoms with Gasteiger partial charge in [-0.2, -0.15) is 5.10 Å². The van der Waals surface area contributed by atoms with Crippen molar-refractivity contribution in [1.82, 2.24) is 20.6 Å². The summed E-state index contributed by atoms with van der Waals surface area (Å²) in [6.45, 7) is 5.66. The van der Waals surface area contributed by atoms with Gasteiger partial charge in [-0.15, -0.1) is 0 Å². The van der Waals surface area contributed by atoms with E-state index < -0.39 is 0 Å². The van der Waals surface area contributed by atoms with Gasteiger partial charge in [0.2, 0.25) is 5.91 Å². The fourth-order valence-corrected chi connectivity index (χ4v) is 2.98. The number of amides is 2. The zero-order valence-corrected chi connectivity index (χ0v) is 15.6. The van der Waals surface area contributed by atoms with Crippen molar-refractivity contribution in [3.63, 3.8) is 0 Å². The Kier molecular flexibility index (Phi) is 5.35. The van der Waals surface area contributed by atoms with Crippen LogP contribution in [-0.4, -0.2) is 21.6 Å². The molecule has 6 nitrogen and oxygen atoms in total. The van der Waals surface area contributed by atoms with E-state index >= 15 is 0 Å². The lowest BCUT2D eigenvalue weighted by Crippen LogP contribution is -2.42. The van der Waals surface area contributed by atoms with Gasteiger partial charge in [0, 0.05) is 16.8 Å². The number of carbonyl (C=O) groups is 2. The smallest absolute Gasteiger partial charge is 0.269 e. The molecule has 0 saturated heterocycles. The van der Waals surface area contributed by atoms with Crippen molar-refractivity contribution in [3.8, 4) is 5.69 Å². The Balaban J connectivity index is 1.67. The molecule has 0 aliphatic heterocycles. The largest absolute Gasteiger partial charge is 0.273 e. The van der Waals surface area contributed by atoms with Gasteiger partial charge in [-0.3, -0.25) is 20.4 Å². The average molecular weight is 362 g/mol. The van der Waals surface area contributed by atoms with Crippen LogP contribution in [-0.2, 0) is 11.2 Å². The number of hydrogen-bond acceptors (Lipinski definition) is 3. The molecule has 0 unspecified atom stereocenters. The first-order valence-electron chi connectivity index (χ1n) is 8.72. The van der Waals surface area contributed by atoms with Gasteiger partial charge in [0.25, 0.3) is 5.91 Å². The second-order valence-corrected chi connectivity index (χ2v) is 6.39. The number of aromatic nitrogens is 2. The van der Waals surface area contributed by atoms with Crippen LogP contribution >= 0.6 is 0 Å². The summed E-state index contributed by atoms with van der Waals surface area (Å²) in [6, 6.07) is 17.0. The summed E-state index contributed by atoms with van der Waals surface area (Å²) in [5.74, 6) is -0.634. The highest BCUT2D eigenvalue weighted by Crippen LogP contribution is 2.18. The van der Waals surface area contributed by atoms with Crippen molar-refractivity contribution in [2.45, 2.75) is 27.2 Å². The van der Waals surface area contributed by atoms with E-state index in [2.05, 4.69) is 16.0 Å². The Morgan fingerprint density at radius 2 is 1.59 bits per heavy atom. The number of aryl methyl sites for hydroxylation is 2. The molecule has 0 spiro atoms. The second kappa shape index (κ2) is 7.86. The minimum atomic E-state index is -0.338. The lowest BCUT2D eigenvalue weighted by Gasteiger charge is -2.09. The molecule has 0 saturated carbocycles. The number of hydrogen-bond donors (Lipinski definition) is 2. The summed E-state index contributed by atoms with van der Waals surface area (Å²) >= 11 is 0. The molecule has 2 N–H and O–H groups in total. The first-order chi connectivity index (χ1) is 13.0. The van der Waals surface area contributed by atoms with E-state index in [0.29, 0.717) is 5.56 Å². The van der Waals surface area contributed by atoms with E-state index in [4.69, 9.17) is 0 Å². The van der Waals surface area contributed by atoms with Crippen LogP contribution in [0.1, 0.15) is 32.9 Å². The third kappa shape index (κ3) is 4.06. The maximum Gasteiger partial charge on any atom is 0.269 e. The summed E-state index contributed by atoms with van der Waals surface area (Å²) in [7, 11) is 0. The van der Waals surface area contributed by atoms with Crippen molar-refractivity contribution < 1.29 is 9.59 Å². The van der Waals surface area contributed by atoms with E-state index in [1.54, 1.807) is 12.1 Å². The Hall–Kier alpha value is -3.41. The lowest BCUT2D eigenvalue weighted by molar-refractivity contribution is -0.121. The normalized spacial score (nSPS) is 10.5. The van der Waals surface area contributed by atoms with E-state index in [1.165, 1.54) is 0 Å². The minimum absolute atomic E-state index is 0.137. The number of hydrazine groups is 1. The molecule has 0 aliphatic rings. The summed E-state index contributed by atoms with van der Waals surface area (Å²) in [6.07, 6.45) is 0.137. The molecular formula is C21H22N4O2. The molecule has 138 valence electrons. The van der Waals surface area contributed by atoms with Gasteiger partial charge < -0.3 is 0 Å². The van der Waals surface area contributed by atoms with Gasteiger partial charge in [0.1, 0.15) is 0 Å². The third-order valence-corrected chi connectivity index (χ3v) is 4.48. The van der Waals surface area contributed by atoms with Crippen molar-refractivity contribution in [1.29, 1.82) is 0 Å². The van der Waals surface area contributed by atoms with E-state index in [-0.39, 0.29) is 18.2 Å². The molecular weight excluding hydrogens is 340 g/mol. The number of benzene rings is 2. The molecule has 2 amide bonds. The number of rotatable bonds is 4. The summed E-state index contributed by atoms with van der Waals surface area (Å²) in [4.78, 5) is 24.5. The highest BCUT2D eigenvalue weighted by atomic mass is 16.2. The van der Waals surface area contributed by atoms with Gasteiger partial charge in [-0.25, -0.2) is 4.68 Å². The second-order valence-electron chi connectivity index (χ2n) is 6.39. The predicted octanol–water partition coefficient (Wildman–Crippen LogP) is 2.80. The van der Waals surface area contributed by atoms with E-state index in [9.17, 15) is 9.59 Å². The molecule has 0 aliphatic carbocycles. The topological polar surface area (TPSA) is 76.0 Å². The zero-order chi connectivity index (χ0) is 19.4. The quantitative estimate of drug-likeness (QED) is 0.701. The number of nitrogens with one attached hydrogen (secondary N) is 2. The summed E-state index contributed by atoms with van der Waals surface area (Å²) < 4.78 is 1.82. The SMILES string of the molecule is Cc1ccccc1C(=O)NNC(=O)Cc1c(C)nn(-c2ccccc2)c1C. The molecule has 0 radical (unpaired) electrons. The Morgan fingerprint density at radius 3 is 2.30 bits per heavy atom. The van der Waals surface area contributed by atoms with Crippen LogP contribution in [0.4, 0.5) is 0 Å². The summed E-state index contributed by atoms with van der Waals surface area (Å²) in [5.41, 5.74) is 9.81. The molecule has 0 atom stereocenters. The molecule has 3 rings (SSSR count). The first kappa shape index (κ1) is 18.4. The monoisotopic (exact) mass is 362 g/mol. The molecule has 0 fully saturated rings. The number of carbonyl (C=O) groups excluding carboxylic acids is 2. The Morgan fingerprint density at radius 1 is 0.926 bits per heavy atom. The van der Waals surface area contributed by atoms with E-state index in [0.717, 1.165) is 28.2 Å². The minimum Gasteiger partial charge on any atom is -0.273 e. The maximum atomic E-state index is 12.3. The van der Waals surface area contributed by atoms with Crippen LogP contribution in [0, 0.1) is 20.8 Å². The average Bonchev–Trinajstić information content (AvgIpc) is 2.95. The fourth-order valence-electron chi connectivity index (χ4n) is 2.98. The maximum absolute atomic E-state index is 12.3. The fraction of sp³-hybridized carbons (Fsp3) is 0.190. The van der Waals surface area contributed by atoms with Gasteiger partial charge in [-0.1, -0.05) is 36.4 Å². The van der Waals surface area contributed by atoms with Crippen molar-refractivity contribution in [2.75, 3.05) is 0 Å². The molecule has 0 bridgehead atoms. The summed E-state index contributed by atoms with van der Waals surface area (Å²) in [5, 5.41) is 4.54. The highest BCUT2D eigenvalue weighted by Gasteiger charge is 2.16. The molecule has 2 aromatic carbocycles. The van der Waals surface area contributed by atoms with Crippen LogP contribution in [0.3, 0.4) is 0 Å². The van der Waals surface area contributed by atoms with Crippen molar-refractivity contribution >= 4 is 11.8 Å². The number of nitrogens with zero attached hydrogens (tertiary/aromatic N) is 2. The molecule has 27 heavy (non-hydrogen) atoms. The lowest BCUT2D eigenvalue weighted by atomic mass is 10.1. The Bertz CT molecular complexity index is 977. The van der Waals surface area contributed by atoms with Crippen molar-refractivity contribution in [3.05, 3.63) is 82.7 Å². The molecule has 3 aromatic rings. The first-order valence-corrected chi connectivity index (χ1v) is 8.72. The molecule has 6 heteroatoms. The van der Waals surface area contributed by atoms with Gasteiger partial charge >= 0.3 is 0 Å². The van der Waals surface area contributed by atoms with E-state index in [1.807, 2.05) is 67.9 Å². The standard InChI is InChI=1S/C21H22N4O2/c1-14-9-7-8-12-18(14)21(27)23-22-20(26)13-19-15(2)24-25(16(19)3)17-10-5-4-6-11-17/h4-12H,13H2,1-3H3,(H,22,26)(H,23,27). The van der Waals surface area contributed by atoms with Gasteiger partial charge in [0.15, 0.2) is 0 Å². The van der Waals surface area contributed by atoms with Crippen LogP contribution < -0.4 is 10.9 Å². The van der Waals surface area contributed by atoms with Crippen LogP contribution in [0.25, 0.3) is 5.69 Å². The predicted molar refractivity (Wildman–Crippen MR) is 104 cm³/mol. The van der Waals surface area contributed by atoms with Crippen LogP contribution in [0.15, 0.2) is 54.6 Å². The zero-order valence-electron chi connectivity index (χ0n) is 15.6. The third-order valence-electron chi connectivity index (χ3n) is 4.48. The molecule has 1 heterocycles.